The Hall–Kier alpha value is -1.73. The lowest BCUT2D eigenvalue weighted by Gasteiger charge is -2.05. The van der Waals surface area contributed by atoms with E-state index in [1.54, 1.807) is 11.6 Å². The molecule has 2 heterocycles. The third kappa shape index (κ3) is 2.99. The van der Waals surface area contributed by atoms with Gasteiger partial charge in [0, 0.05) is 13.2 Å². The van der Waals surface area contributed by atoms with Gasteiger partial charge in [-0.05, 0) is 24.8 Å². The lowest BCUT2D eigenvalue weighted by atomic mass is 10.2. The van der Waals surface area contributed by atoms with Crippen molar-refractivity contribution in [1.29, 1.82) is 0 Å². The van der Waals surface area contributed by atoms with Crippen LogP contribution in [0.5, 0.6) is 0 Å². The number of aliphatic hydroxyl groups is 1. The number of nitrogens with zero attached hydrogens (tertiary/aromatic N) is 3. The molecule has 2 aromatic heterocycles. The predicted molar refractivity (Wildman–Crippen MR) is 71.0 cm³/mol. The number of hydrogen-bond acceptors (Lipinski definition) is 6. The molecule has 0 aliphatic rings. The van der Waals surface area contributed by atoms with Gasteiger partial charge in [-0.15, -0.1) is 16.4 Å². The van der Waals surface area contributed by atoms with E-state index >= 15 is 0 Å². The van der Waals surface area contributed by atoms with Crippen LogP contribution in [0.3, 0.4) is 0 Å². The number of aliphatic hydroxyl groups excluding tert-OH is 1. The van der Waals surface area contributed by atoms with E-state index in [1.165, 1.54) is 11.3 Å². The molecule has 0 spiro atoms. The van der Waals surface area contributed by atoms with Crippen LogP contribution in [0.15, 0.2) is 17.5 Å². The number of carbonyl (C=O) groups excluding carboxylic acids is 1. The third-order valence-corrected chi connectivity index (χ3v) is 3.36. The smallest absolute Gasteiger partial charge is 0.361 e. The zero-order valence-corrected chi connectivity index (χ0v) is 11.4. The molecule has 0 fully saturated rings. The second-order valence-electron chi connectivity index (χ2n) is 3.78. The lowest BCUT2D eigenvalue weighted by molar-refractivity contribution is 0.0520. The second-order valence-corrected chi connectivity index (χ2v) is 4.73. The number of esters is 1. The van der Waals surface area contributed by atoms with Gasteiger partial charge < -0.3 is 9.84 Å². The Bertz CT molecular complexity index is 536. The van der Waals surface area contributed by atoms with Crippen molar-refractivity contribution in [3.8, 4) is 10.6 Å². The van der Waals surface area contributed by atoms with Crippen LogP contribution in [-0.4, -0.2) is 39.3 Å². The molecule has 1 N–H and O–H groups in total. The molecule has 0 saturated heterocycles. The van der Waals surface area contributed by atoms with E-state index in [2.05, 4.69) is 10.3 Å². The number of aromatic nitrogens is 3. The first-order valence-corrected chi connectivity index (χ1v) is 6.91. The van der Waals surface area contributed by atoms with Gasteiger partial charge >= 0.3 is 5.97 Å². The first-order chi connectivity index (χ1) is 9.27. The van der Waals surface area contributed by atoms with E-state index in [9.17, 15) is 4.79 Å². The maximum atomic E-state index is 11.9. The molecular weight excluding hydrogens is 266 g/mol. The predicted octanol–water partition coefficient (Wildman–Crippen LogP) is 1.57. The third-order valence-electron chi connectivity index (χ3n) is 2.49. The molecule has 0 radical (unpaired) electrons. The molecular formula is C12H15N3O3S. The average Bonchev–Trinajstić information content (AvgIpc) is 3.05. The fourth-order valence-electron chi connectivity index (χ4n) is 1.68. The Morgan fingerprint density at radius 1 is 1.58 bits per heavy atom. The van der Waals surface area contributed by atoms with E-state index in [1.807, 2.05) is 17.5 Å². The highest BCUT2D eigenvalue weighted by Gasteiger charge is 2.22. The van der Waals surface area contributed by atoms with Crippen LogP contribution < -0.4 is 0 Å². The summed E-state index contributed by atoms with van der Waals surface area (Å²) in [5.74, 6) is -0.471. The standard InChI is InChI=1S/C12H15N3O3S/c1-2-18-12(17)10-11(9-5-3-8-19-9)15(14-13-10)6-4-7-16/h3,5,8,16H,2,4,6-7H2,1H3. The molecule has 0 amide bonds. The zero-order chi connectivity index (χ0) is 13.7. The fourth-order valence-corrected chi connectivity index (χ4v) is 2.46. The van der Waals surface area contributed by atoms with E-state index in [4.69, 9.17) is 9.84 Å². The van der Waals surface area contributed by atoms with Gasteiger partial charge in [0.25, 0.3) is 0 Å². The van der Waals surface area contributed by atoms with Crippen LogP contribution in [0.1, 0.15) is 23.8 Å². The molecule has 7 heteroatoms. The van der Waals surface area contributed by atoms with E-state index in [0.717, 1.165) is 4.88 Å². The average molecular weight is 281 g/mol. The van der Waals surface area contributed by atoms with Crippen molar-refractivity contribution in [2.24, 2.45) is 0 Å². The van der Waals surface area contributed by atoms with Crippen LogP contribution in [0.2, 0.25) is 0 Å². The van der Waals surface area contributed by atoms with E-state index in [0.29, 0.717) is 25.3 Å². The van der Waals surface area contributed by atoms with Gasteiger partial charge in [0.2, 0.25) is 0 Å². The van der Waals surface area contributed by atoms with Crippen molar-refractivity contribution < 1.29 is 14.6 Å². The Balaban J connectivity index is 2.38. The molecule has 2 rings (SSSR count). The molecule has 6 nitrogen and oxygen atoms in total. The van der Waals surface area contributed by atoms with Gasteiger partial charge in [-0.25, -0.2) is 9.48 Å². The summed E-state index contributed by atoms with van der Waals surface area (Å²) in [5.41, 5.74) is 0.879. The van der Waals surface area contributed by atoms with Crippen molar-refractivity contribution >= 4 is 17.3 Å². The minimum absolute atomic E-state index is 0.0679. The molecule has 102 valence electrons. The molecule has 0 aromatic carbocycles. The van der Waals surface area contributed by atoms with Gasteiger partial charge in [0.05, 0.1) is 11.5 Å². The summed E-state index contributed by atoms with van der Waals surface area (Å²) < 4.78 is 6.62. The molecule has 0 aliphatic carbocycles. The van der Waals surface area contributed by atoms with Crippen molar-refractivity contribution in [2.45, 2.75) is 19.9 Å². The highest BCUT2D eigenvalue weighted by molar-refractivity contribution is 7.13. The first kappa shape index (κ1) is 13.7. The van der Waals surface area contributed by atoms with Crippen LogP contribution in [0.4, 0.5) is 0 Å². The largest absolute Gasteiger partial charge is 0.461 e. The molecule has 0 bridgehead atoms. The number of thiophene rings is 1. The van der Waals surface area contributed by atoms with Crippen LogP contribution in [-0.2, 0) is 11.3 Å². The van der Waals surface area contributed by atoms with Crippen LogP contribution in [0.25, 0.3) is 10.6 Å². The Morgan fingerprint density at radius 2 is 2.42 bits per heavy atom. The van der Waals surface area contributed by atoms with Crippen molar-refractivity contribution in [3.63, 3.8) is 0 Å². The first-order valence-electron chi connectivity index (χ1n) is 6.03. The number of carbonyl (C=O) groups is 1. The number of hydrogen-bond donors (Lipinski definition) is 1. The maximum absolute atomic E-state index is 11.9. The quantitative estimate of drug-likeness (QED) is 0.813. The minimum atomic E-state index is -0.471. The molecule has 0 unspecified atom stereocenters. The van der Waals surface area contributed by atoms with Crippen LogP contribution >= 0.6 is 11.3 Å². The molecule has 0 aliphatic heterocycles. The molecule has 19 heavy (non-hydrogen) atoms. The minimum Gasteiger partial charge on any atom is -0.461 e. The van der Waals surface area contributed by atoms with Gasteiger partial charge in [-0.1, -0.05) is 11.3 Å². The van der Waals surface area contributed by atoms with E-state index in [-0.39, 0.29) is 12.3 Å². The Labute approximate surface area is 114 Å². The monoisotopic (exact) mass is 281 g/mol. The number of ether oxygens (including phenoxy) is 1. The number of aryl methyl sites for hydroxylation is 1. The van der Waals surface area contributed by atoms with Crippen molar-refractivity contribution in [2.75, 3.05) is 13.2 Å². The van der Waals surface area contributed by atoms with Crippen LogP contribution in [0, 0.1) is 0 Å². The highest BCUT2D eigenvalue weighted by Crippen LogP contribution is 2.27. The summed E-state index contributed by atoms with van der Waals surface area (Å²) in [6, 6.07) is 3.81. The topological polar surface area (TPSA) is 77.2 Å². The van der Waals surface area contributed by atoms with E-state index < -0.39 is 5.97 Å². The zero-order valence-electron chi connectivity index (χ0n) is 10.6. The highest BCUT2D eigenvalue weighted by atomic mass is 32.1. The molecule has 0 saturated carbocycles. The maximum Gasteiger partial charge on any atom is 0.361 e. The summed E-state index contributed by atoms with van der Waals surface area (Å²) in [7, 11) is 0. The van der Waals surface area contributed by atoms with Gasteiger partial charge in [0.15, 0.2) is 5.69 Å². The number of rotatable bonds is 6. The molecule has 2 aromatic rings. The Morgan fingerprint density at radius 3 is 3.05 bits per heavy atom. The van der Waals surface area contributed by atoms with Crippen molar-refractivity contribution in [1.82, 2.24) is 15.0 Å². The summed E-state index contributed by atoms with van der Waals surface area (Å²) >= 11 is 1.51. The summed E-state index contributed by atoms with van der Waals surface area (Å²) in [4.78, 5) is 12.8. The van der Waals surface area contributed by atoms with Crippen molar-refractivity contribution in [3.05, 3.63) is 23.2 Å². The SMILES string of the molecule is CCOC(=O)c1nnn(CCCO)c1-c1cccs1. The summed E-state index contributed by atoms with van der Waals surface area (Å²) in [6.07, 6.45) is 0.560. The Kier molecular flexibility index (Phi) is 4.64. The molecule has 0 atom stereocenters. The second kappa shape index (κ2) is 6.44. The van der Waals surface area contributed by atoms with Gasteiger partial charge in [0.1, 0.15) is 5.69 Å². The lowest BCUT2D eigenvalue weighted by Crippen LogP contribution is -2.08. The summed E-state index contributed by atoms with van der Waals surface area (Å²) in [6.45, 7) is 2.62. The normalized spacial score (nSPS) is 10.6. The fraction of sp³-hybridized carbons (Fsp3) is 0.417. The summed E-state index contributed by atoms with van der Waals surface area (Å²) in [5, 5.41) is 18.7. The van der Waals surface area contributed by atoms with Gasteiger partial charge in [-0.2, -0.15) is 0 Å². The van der Waals surface area contributed by atoms with Gasteiger partial charge in [-0.3, -0.25) is 0 Å².